The number of aromatic amines is 1. The highest BCUT2D eigenvalue weighted by Gasteiger charge is 2.28. The number of aromatic nitrogens is 4. The summed E-state index contributed by atoms with van der Waals surface area (Å²) in [6.45, 7) is 3.32. The molecule has 13 heteroatoms. The first-order chi connectivity index (χ1) is 21.4. The summed E-state index contributed by atoms with van der Waals surface area (Å²) < 4.78 is 28.4. The molecule has 0 atom stereocenters. The van der Waals surface area contributed by atoms with Gasteiger partial charge in [0.15, 0.2) is 17.4 Å². The maximum Gasteiger partial charge on any atom is 0.270 e. The number of H-pyrrole nitrogens is 1. The van der Waals surface area contributed by atoms with Crippen LogP contribution >= 0.6 is 11.6 Å². The standard InChI is InChI=1S/C31H33ClFN7O4/c1-43-21-15-26(44-2)30(34-18-21)37-11-13-38(14-12-37)31(42)25-17-23-24(32)16-22(28(33)29(23)36-25)20-5-3-8-39(19-20)27(41)6-10-40-9-4-7-35-40/h4-5,7,9,15-18,36H,3,6,8,10-14,19H2,1-2H3. The lowest BCUT2D eigenvalue weighted by Crippen LogP contribution is -2.49. The Labute approximate surface area is 258 Å². The zero-order valence-electron chi connectivity index (χ0n) is 24.6. The molecular formula is C31H33ClFN7O4. The predicted octanol–water partition coefficient (Wildman–Crippen LogP) is 4.24. The van der Waals surface area contributed by atoms with E-state index in [0.717, 1.165) is 0 Å². The van der Waals surface area contributed by atoms with E-state index in [-0.39, 0.29) is 29.6 Å². The molecule has 44 heavy (non-hydrogen) atoms. The first-order valence-electron chi connectivity index (χ1n) is 14.4. The highest BCUT2D eigenvalue weighted by Crippen LogP contribution is 2.35. The molecule has 1 fully saturated rings. The van der Waals surface area contributed by atoms with Gasteiger partial charge in [0.25, 0.3) is 5.91 Å². The number of pyridine rings is 1. The molecule has 11 nitrogen and oxygen atoms in total. The van der Waals surface area contributed by atoms with Crippen LogP contribution in [0.1, 0.15) is 28.9 Å². The lowest BCUT2D eigenvalue weighted by molar-refractivity contribution is -0.131. The molecule has 3 aromatic heterocycles. The van der Waals surface area contributed by atoms with Crippen molar-refractivity contribution in [2.24, 2.45) is 0 Å². The third-order valence-corrected chi connectivity index (χ3v) is 8.44. The van der Waals surface area contributed by atoms with Gasteiger partial charge in [0.05, 0.1) is 31.0 Å². The predicted molar refractivity (Wildman–Crippen MR) is 165 cm³/mol. The molecule has 0 spiro atoms. The summed E-state index contributed by atoms with van der Waals surface area (Å²) in [5.41, 5.74) is 1.44. The molecule has 1 saturated heterocycles. The number of piperazine rings is 1. The van der Waals surface area contributed by atoms with E-state index in [1.165, 1.54) is 0 Å². The van der Waals surface area contributed by atoms with Crippen LogP contribution in [0.25, 0.3) is 16.5 Å². The van der Waals surface area contributed by atoms with Crippen LogP contribution in [0.2, 0.25) is 5.02 Å². The van der Waals surface area contributed by atoms with Crippen molar-refractivity contribution in [2.45, 2.75) is 19.4 Å². The Morgan fingerprint density at radius 2 is 1.89 bits per heavy atom. The minimum Gasteiger partial charge on any atom is -0.495 e. The van der Waals surface area contributed by atoms with Crippen molar-refractivity contribution in [1.29, 1.82) is 0 Å². The van der Waals surface area contributed by atoms with Crippen molar-refractivity contribution in [3.8, 4) is 11.5 Å². The van der Waals surface area contributed by atoms with E-state index in [1.807, 2.05) is 18.3 Å². The second kappa shape index (κ2) is 12.6. The topological polar surface area (TPSA) is 109 Å². The number of amides is 2. The van der Waals surface area contributed by atoms with Gasteiger partial charge in [0.1, 0.15) is 11.4 Å². The molecular weight excluding hydrogens is 589 g/mol. The molecule has 2 aliphatic rings. The van der Waals surface area contributed by atoms with Gasteiger partial charge in [-0.2, -0.15) is 5.10 Å². The number of halogens is 2. The Morgan fingerprint density at radius 1 is 1.07 bits per heavy atom. The van der Waals surface area contributed by atoms with E-state index in [4.69, 9.17) is 21.1 Å². The zero-order chi connectivity index (χ0) is 30.8. The third-order valence-electron chi connectivity index (χ3n) is 8.13. The number of carbonyl (C=O) groups excluding carboxylic acids is 2. The highest BCUT2D eigenvalue weighted by atomic mass is 35.5. The normalized spacial score (nSPS) is 15.5. The van der Waals surface area contributed by atoms with Gasteiger partial charge in [-0.3, -0.25) is 14.3 Å². The Hall–Kier alpha value is -4.58. The molecule has 1 N–H and O–H groups in total. The van der Waals surface area contributed by atoms with Gasteiger partial charge in [-0.1, -0.05) is 17.7 Å². The minimum absolute atomic E-state index is 0.0206. The number of rotatable bonds is 8. The second-order valence-electron chi connectivity index (χ2n) is 10.7. The van der Waals surface area contributed by atoms with Gasteiger partial charge < -0.3 is 29.2 Å². The largest absolute Gasteiger partial charge is 0.495 e. The van der Waals surface area contributed by atoms with Crippen molar-refractivity contribution < 1.29 is 23.5 Å². The first-order valence-corrected chi connectivity index (χ1v) is 14.8. The molecule has 5 heterocycles. The molecule has 6 rings (SSSR count). The van der Waals surface area contributed by atoms with Crippen LogP contribution in [0.4, 0.5) is 10.2 Å². The maximum absolute atomic E-state index is 16.0. The fourth-order valence-corrected chi connectivity index (χ4v) is 5.99. The summed E-state index contributed by atoms with van der Waals surface area (Å²) in [6, 6.07) is 6.78. The molecule has 1 aromatic carbocycles. The monoisotopic (exact) mass is 621 g/mol. The Kier molecular flexibility index (Phi) is 8.42. The van der Waals surface area contributed by atoms with Crippen molar-refractivity contribution in [2.75, 3.05) is 58.4 Å². The Bertz CT molecular complexity index is 1710. The van der Waals surface area contributed by atoms with E-state index >= 15 is 4.39 Å². The van der Waals surface area contributed by atoms with Gasteiger partial charge in [0.2, 0.25) is 5.91 Å². The fourth-order valence-electron chi connectivity index (χ4n) is 5.73. The lowest BCUT2D eigenvalue weighted by atomic mass is 9.99. The summed E-state index contributed by atoms with van der Waals surface area (Å²) in [6.07, 6.45) is 7.98. The number of hydrogen-bond donors (Lipinski definition) is 1. The summed E-state index contributed by atoms with van der Waals surface area (Å²) in [5.74, 6) is 1.12. The number of aryl methyl sites for hydroxylation is 1. The van der Waals surface area contributed by atoms with Crippen LogP contribution in [-0.2, 0) is 11.3 Å². The van der Waals surface area contributed by atoms with Gasteiger partial charge in [0, 0.05) is 81.6 Å². The van der Waals surface area contributed by atoms with Gasteiger partial charge in [-0.15, -0.1) is 0 Å². The second-order valence-corrected chi connectivity index (χ2v) is 11.1. The van der Waals surface area contributed by atoms with Gasteiger partial charge >= 0.3 is 0 Å². The van der Waals surface area contributed by atoms with Crippen LogP contribution in [0.5, 0.6) is 11.5 Å². The van der Waals surface area contributed by atoms with Gasteiger partial charge in [-0.25, -0.2) is 9.37 Å². The van der Waals surface area contributed by atoms with Crippen LogP contribution in [0.3, 0.4) is 0 Å². The number of hydrogen-bond acceptors (Lipinski definition) is 7. The SMILES string of the molecule is COc1cnc(N2CCN(C(=O)c3cc4c(Cl)cc(C5=CCCN(C(=O)CCn6cccn6)C5)c(F)c4[nH]3)CC2)c(OC)c1. The molecule has 0 aliphatic carbocycles. The molecule has 4 aromatic rings. The summed E-state index contributed by atoms with van der Waals surface area (Å²) in [7, 11) is 3.15. The van der Waals surface area contributed by atoms with Crippen molar-refractivity contribution in [1.82, 2.24) is 29.5 Å². The molecule has 2 aliphatic heterocycles. The zero-order valence-corrected chi connectivity index (χ0v) is 25.3. The lowest BCUT2D eigenvalue weighted by Gasteiger charge is -2.35. The average Bonchev–Trinajstić information content (AvgIpc) is 3.76. The van der Waals surface area contributed by atoms with Crippen LogP contribution < -0.4 is 14.4 Å². The van der Waals surface area contributed by atoms with E-state index in [2.05, 4.69) is 20.0 Å². The smallest absolute Gasteiger partial charge is 0.270 e. The van der Waals surface area contributed by atoms with E-state index in [0.29, 0.717) is 91.0 Å². The number of methoxy groups -OCH3 is 2. The minimum atomic E-state index is -0.497. The molecule has 0 saturated carbocycles. The molecule has 0 bridgehead atoms. The van der Waals surface area contributed by atoms with Crippen molar-refractivity contribution >= 4 is 45.7 Å². The summed E-state index contributed by atoms with van der Waals surface area (Å²) in [5, 5.41) is 4.91. The highest BCUT2D eigenvalue weighted by molar-refractivity contribution is 6.36. The number of nitrogens with one attached hydrogen (secondary N) is 1. The van der Waals surface area contributed by atoms with Crippen LogP contribution in [0, 0.1) is 5.82 Å². The third kappa shape index (κ3) is 5.81. The number of benzene rings is 1. The number of nitrogens with zero attached hydrogens (tertiary/aromatic N) is 6. The van der Waals surface area contributed by atoms with E-state index < -0.39 is 5.82 Å². The first kappa shape index (κ1) is 29.5. The Morgan fingerprint density at radius 3 is 2.61 bits per heavy atom. The van der Waals surface area contributed by atoms with Crippen molar-refractivity contribution in [3.05, 3.63) is 71.0 Å². The molecule has 230 valence electrons. The van der Waals surface area contributed by atoms with E-state index in [1.54, 1.807) is 59.3 Å². The molecule has 0 radical (unpaired) electrons. The number of anilines is 1. The fraction of sp³-hybridized carbons (Fsp3) is 0.355. The summed E-state index contributed by atoms with van der Waals surface area (Å²) in [4.78, 5) is 39.4. The van der Waals surface area contributed by atoms with Crippen molar-refractivity contribution in [3.63, 3.8) is 0 Å². The quantitative estimate of drug-likeness (QED) is 0.314. The Balaban J connectivity index is 1.15. The average molecular weight is 622 g/mol. The number of carbonyl (C=O) groups is 2. The molecule has 0 unspecified atom stereocenters. The summed E-state index contributed by atoms with van der Waals surface area (Å²) >= 11 is 6.64. The molecule has 2 amide bonds. The van der Waals surface area contributed by atoms with Crippen LogP contribution in [0.15, 0.2) is 48.9 Å². The number of ether oxygens (including phenoxy) is 2. The maximum atomic E-state index is 16.0. The number of fused-ring (bicyclic) bond motifs is 1. The van der Waals surface area contributed by atoms with Crippen LogP contribution in [-0.4, -0.2) is 94.9 Å². The van der Waals surface area contributed by atoms with Gasteiger partial charge in [-0.05, 0) is 30.2 Å². The van der Waals surface area contributed by atoms with E-state index in [9.17, 15) is 9.59 Å².